The molecule has 21 aromatic rings. The van der Waals surface area contributed by atoms with Crippen LogP contribution in [0.1, 0.15) is 22.3 Å². The molecule has 0 saturated carbocycles. The number of aryl methyl sites for hydroxylation is 2. The summed E-state index contributed by atoms with van der Waals surface area (Å²) in [6.45, 7) is 4.59. The number of nitro benzene ring substituents is 1. The highest BCUT2D eigenvalue weighted by atomic mass is 19.4. The van der Waals surface area contributed by atoms with Crippen molar-refractivity contribution in [1.29, 1.82) is 0 Å². The summed E-state index contributed by atoms with van der Waals surface area (Å²) in [5.74, 6) is 1.55. The normalized spacial score (nSPS) is 10.9. The fourth-order valence-electron chi connectivity index (χ4n) is 13.6. The summed E-state index contributed by atoms with van der Waals surface area (Å²) in [6, 6.07) is 105. The van der Waals surface area contributed by atoms with Gasteiger partial charge in [0, 0.05) is 60.8 Å². The van der Waals surface area contributed by atoms with Gasteiger partial charge in [0.2, 0.25) is 29.1 Å². The Balaban J connectivity index is 0.000000117. The van der Waals surface area contributed by atoms with Gasteiger partial charge in [0.25, 0.3) is 5.69 Å². The third-order valence-corrected chi connectivity index (χ3v) is 20.1. The zero-order valence-electron chi connectivity index (χ0n) is 70.8. The maximum Gasteiger partial charge on any atom is 0.417 e. The van der Waals surface area contributed by atoms with Crippen LogP contribution in [-0.2, 0) is 12.8 Å². The average molecular weight is 1780 g/mol. The van der Waals surface area contributed by atoms with Crippen LogP contribution in [0.15, 0.2) is 383 Å². The second-order valence-electron chi connectivity index (χ2n) is 29.5. The van der Waals surface area contributed by atoms with Crippen molar-refractivity contribution < 1.29 is 31.6 Å². The molecule has 0 aliphatic rings. The predicted octanol–water partition coefficient (Wildman–Crippen LogP) is 20.4. The minimum atomic E-state index is -4.57. The Morgan fingerprint density at radius 1 is 0.306 bits per heavy atom. The second-order valence-corrected chi connectivity index (χ2v) is 29.5. The predicted molar refractivity (Wildman–Crippen MR) is 491 cm³/mol. The number of pyridine rings is 5. The molecule has 10 heterocycles. The smallest absolute Gasteiger partial charge is 0.417 e. The lowest BCUT2D eigenvalue weighted by Gasteiger charge is -2.13. The molecule has 0 spiro atoms. The number of nitro groups is 1. The van der Waals surface area contributed by atoms with Crippen molar-refractivity contribution in [3.8, 4) is 147 Å². The summed E-state index contributed by atoms with van der Waals surface area (Å²) >= 11 is 0. The molecule has 0 amide bonds. The second kappa shape index (κ2) is 41.0. The van der Waals surface area contributed by atoms with E-state index >= 15 is 0 Å². The van der Waals surface area contributed by atoms with Gasteiger partial charge in [-0.1, -0.05) is 205 Å². The summed E-state index contributed by atoms with van der Waals surface area (Å²) in [5.41, 5.74) is 16.3. The highest BCUT2D eigenvalue weighted by Crippen LogP contribution is 2.39. The van der Waals surface area contributed by atoms with E-state index in [2.05, 4.69) is 189 Å². The zero-order valence-corrected chi connectivity index (χ0v) is 70.8. The molecule has 21 rings (SSSR count). The van der Waals surface area contributed by atoms with E-state index in [-0.39, 0.29) is 28.3 Å². The van der Waals surface area contributed by atoms with Crippen molar-refractivity contribution in [2.75, 3.05) is 0 Å². The number of para-hydroxylation sites is 1. The van der Waals surface area contributed by atoms with Crippen molar-refractivity contribution in [2.45, 2.75) is 26.6 Å². The molecule has 0 saturated heterocycles. The molecule has 0 N–H and O–H groups in total. The largest absolute Gasteiger partial charge is 0.488 e. The number of nitrogens with zero attached hydrogens (tertiary/aromatic N) is 26. The number of ether oxygens (including phenoxy) is 1. The SMILES string of the molecule is Cc1ccc(-c2cccc(-n3nnc(-c4ccccn4)n3)c2)cc1.Cc1cccc(-c2cccc(-n3nnc(-c4ccccn4)n3)c2)c1.Fc1cc(-c2ccccc2C(F)(F)F)cc(-n2nnc(-c3ccccn3)n2)c1.Fc1cc(-c2ccccc2OCc2ccccc2)cc(-n2nnc(-c3ccccn3)n2)c1.O=[N+]([O-])c1cccc(-c2cccc(-n3nnc(-c4ccccn4)n3)c2)c1. The lowest BCUT2D eigenvalue weighted by Crippen LogP contribution is -2.07. The molecular weight excluding hydrogens is 1710 g/mol. The maximum absolute atomic E-state index is 14.6. The number of tetrazole rings is 5. The van der Waals surface area contributed by atoms with Gasteiger partial charge >= 0.3 is 6.18 Å². The van der Waals surface area contributed by atoms with Gasteiger partial charge in [-0.2, -0.15) is 13.2 Å². The molecule has 0 fully saturated rings. The molecule has 0 aliphatic carbocycles. The highest BCUT2D eigenvalue weighted by Gasteiger charge is 2.34. The van der Waals surface area contributed by atoms with Crippen LogP contribution in [0.25, 0.3) is 142 Å². The van der Waals surface area contributed by atoms with Gasteiger partial charge in [-0.15, -0.1) is 75.0 Å². The van der Waals surface area contributed by atoms with Crippen molar-refractivity contribution in [2.24, 2.45) is 0 Å². The summed E-state index contributed by atoms with van der Waals surface area (Å²) in [6.07, 6.45) is 3.75. The van der Waals surface area contributed by atoms with Crippen LogP contribution >= 0.6 is 0 Å². The summed E-state index contributed by atoms with van der Waals surface area (Å²) in [7, 11) is 0. The third-order valence-electron chi connectivity index (χ3n) is 20.1. The molecule has 654 valence electrons. The highest BCUT2D eigenvalue weighted by molar-refractivity contribution is 5.74. The molecule has 29 nitrogen and oxygen atoms in total. The van der Waals surface area contributed by atoms with Crippen molar-refractivity contribution in [3.63, 3.8) is 0 Å². The standard InChI is InChI=1S/C25H18FN5O.C19H11F4N5.2C19H15N5.C18H12N6O2/c26-20-14-19(22-10-4-5-12-24(22)32-17-18-8-2-1-3-9-18)15-21(16-20)31-29-25(28-30-31)23-11-6-7-13-27-23;20-13-9-12(15-5-1-2-6-16(15)19(21,22)23)10-14(11-13)28-26-18(25-27-28)17-7-3-4-8-24-17;1-14-6-4-7-15(12-14)16-8-5-9-17(13-16)24-22-19(21-23-24)18-10-2-3-11-20-18;1-14-8-10-15(11-9-14)16-5-4-6-17(13-16)24-22-19(21-23-24)18-7-2-3-12-20-18;25-24(26)16-8-4-6-14(12-16)13-5-3-7-15(11-13)23-21-18(20-22-23)17-9-1-2-10-19-17/h1-16H,17H2;1-11H;2*2-13H,1H3;1-12H. The molecule has 134 heavy (non-hydrogen) atoms. The van der Waals surface area contributed by atoms with Crippen LogP contribution < -0.4 is 4.74 Å². The fraction of sp³-hybridized carbons (Fsp3) is 0.0400. The minimum absolute atomic E-state index is 0.0456. The van der Waals surface area contributed by atoms with Crippen molar-refractivity contribution >= 4 is 5.69 Å². The first-order chi connectivity index (χ1) is 65.5. The summed E-state index contributed by atoms with van der Waals surface area (Å²) < 4.78 is 74.7. The molecule has 34 heteroatoms. The molecule has 10 aromatic heterocycles. The number of aromatic nitrogens is 25. The Bertz CT molecular complexity index is 7550. The minimum Gasteiger partial charge on any atom is -0.488 e. The van der Waals surface area contributed by atoms with E-state index in [1.165, 1.54) is 84.4 Å². The van der Waals surface area contributed by atoms with Gasteiger partial charge in [-0.05, 0) is 229 Å². The Morgan fingerprint density at radius 3 is 1.05 bits per heavy atom. The summed E-state index contributed by atoms with van der Waals surface area (Å²) in [5, 5.41) is 73.1. The van der Waals surface area contributed by atoms with Gasteiger partial charge in [-0.3, -0.25) is 35.0 Å². The van der Waals surface area contributed by atoms with Crippen LogP contribution in [0.2, 0.25) is 0 Å². The van der Waals surface area contributed by atoms with Gasteiger partial charge in [-0.25, -0.2) is 8.78 Å². The quantitative estimate of drug-likeness (QED) is 0.0412. The Morgan fingerprint density at radius 2 is 0.649 bits per heavy atom. The Hall–Kier alpha value is -18.6. The van der Waals surface area contributed by atoms with E-state index in [1.54, 1.807) is 73.4 Å². The van der Waals surface area contributed by atoms with E-state index in [9.17, 15) is 32.1 Å². The number of halogens is 5. The van der Waals surface area contributed by atoms with Crippen LogP contribution in [-0.4, -0.2) is 131 Å². The zero-order chi connectivity index (χ0) is 92.1. The molecule has 11 aromatic carbocycles. The first-order valence-corrected chi connectivity index (χ1v) is 41.3. The van der Waals surface area contributed by atoms with Gasteiger partial charge in [0.1, 0.15) is 52.5 Å². The fourth-order valence-corrected chi connectivity index (χ4v) is 13.6. The van der Waals surface area contributed by atoms with Gasteiger partial charge in [0.05, 0.1) is 38.9 Å². The van der Waals surface area contributed by atoms with Crippen LogP contribution in [0.3, 0.4) is 0 Å². The molecule has 0 atom stereocenters. The number of alkyl halides is 3. The average Bonchev–Trinajstić information content (AvgIpc) is 1.81. The number of hydrogen-bond donors (Lipinski definition) is 0. The topological polar surface area (TPSA) is 335 Å². The van der Waals surface area contributed by atoms with Crippen LogP contribution in [0.5, 0.6) is 5.75 Å². The number of rotatable bonds is 19. The first-order valence-electron chi connectivity index (χ1n) is 41.3. The van der Waals surface area contributed by atoms with E-state index < -0.39 is 28.3 Å². The Kier molecular flexibility index (Phi) is 26.7. The number of non-ortho nitro benzene ring substituents is 1. The monoisotopic (exact) mass is 1780 g/mol. The van der Waals surface area contributed by atoms with Crippen molar-refractivity contribution in [3.05, 3.63) is 427 Å². The number of hydrogen-bond acceptors (Lipinski definition) is 23. The first kappa shape index (κ1) is 87.4. The van der Waals surface area contributed by atoms with E-state index in [0.29, 0.717) is 81.1 Å². The number of benzene rings is 11. The molecule has 0 bridgehead atoms. The maximum atomic E-state index is 14.6. The van der Waals surface area contributed by atoms with Crippen LogP contribution in [0, 0.1) is 35.6 Å². The molecule has 0 aliphatic heterocycles. The summed E-state index contributed by atoms with van der Waals surface area (Å²) in [4.78, 5) is 38.4. The van der Waals surface area contributed by atoms with Crippen molar-refractivity contribution in [1.82, 2.24) is 126 Å². The molecular formula is C100H71F5N26O3. The van der Waals surface area contributed by atoms with Gasteiger partial charge < -0.3 is 4.74 Å². The lowest BCUT2D eigenvalue weighted by atomic mass is 9.99. The van der Waals surface area contributed by atoms with E-state index in [0.717, 1.165) is 73.3 Å². The molecule has 0 unspecified atom stereocenters. The van der Waals surface area contributed by atoms with Gasteiger partial charge in [0.15, 0.2) is 0 Å². The van der Waals surface area contributed by atoms with E-state index in [4.69, 9.17) is 4.74 Å². The Labute approximate surface area is 760 Å². The van der Waals surface area contributed by atoms with E-state index in [1.807, 2.05) is 170 Å². The van der Waals surface area contributed by atoms with Crippen LogP contribution in [0.4, 0.5) is 27.6 Å². The third kappa shape index (κ3) is 22.0. The lowest BCUT2D eigenvalue weighted by molar-refractivity contribution is -0.384. The molecule has 0 radical (unpaired) electrons.